The second kappa shape index (κ2) is 5.38. The van der Waals surface area contributed by atoms with Crippen LogP contribution >= 0.6 is 15.9 Å². The van der Waals surface area contributed by atoms with Crippen molar-refractivity contribution in [2.75, 3.05) is 18.6 Å². The Bertz CT molecular complexity index is 699. The van der Waals surface area contributed by atoms with Gasteiger partial charge in [-0.1, -0.05) is 15.9 Å². The Labute approximate surface area is 126 Å². The highest BCUT2D eigenvalue weighted by molar-refractivity contribution is 9.10. The molecule has 1 N–H and O–H groups in total. The van der Waals surface area contributed by atoms with E-state index < -0.39 is 37.8 Å². The highest BCUT2D eigenvalue weighted by Gasteiger charge is 2.42. The predicted molar refractivity (Wildman–Crippen MR) is 77.5 cm³/mol. The van der Waals surface area contributed by atoms with Gasteiger partial charge in [-0.2, -0.15) is 4.31 Å². The molecule has 6 nitrogen and oxygen atoms in total. The molecule has 1 aromatic carbocycles. The number of nitrogens with zero attached hydrogens (tertiary/aromatic N) is 1. The Kier molecular flexibility index (Phi) is 4.27. The van der Waals surface area contributed by atoms with Gasteiger partial charge < -0.3 is 5.11 Å². The number of aliphatic hydroxyl groups excluding tert-OH is 1. The van der Waals surface area contributed by atoms with E-state index in [-0.39, 0.29) is 10.6 Å². The van der Waals surface area contributed by atoms with E-state index in [4.69, 9.17) is 0 Å². The summed E-state index contributed by atoms with van der Waals surface area (Å²) >= 11 is 3.21. The fraction of sp³-hybridized carbons (Fsp3) is 0.455. The van der Waals surface area contributed by atoms with Gasteiger partial charge in [0.2, 0.25) is 10.0 Å². The van der Waals surface area contributed by atoms with Gasteiger partial charge in [0.1, 0.15) is 0 Å². The number of halogens is 1. The fourth-order valence-electron chi connectivity index (χ4n) is 2.11. The summed E-state index contributed by atoms with van der Waals surface area (Å²) in [5.41, 5.74) is 0. The molecule has 9 heteroatoms. The van der Waals surface area contributed by atoms with Crippen LogP contribution in [0.25, 0.3) is 0 Å². The quantitative estimate of drug-likeness (QED) is 0.806. The number of sulfone groups is 1. The summed E-state index contributed by atoms with van der Waals surface area (Å²) < 4.78 is 49.4. The summed E-state index contributed by atoms with van der Waals surface area (Å²) in [5.74, 6) is -0.766. The molecular weight excluding hydrogens is 370 g/mol. The lowest BCUT2D eigenvalue weighted by Gasteiger charge is -2.25. The topological polar surface area (TPSA) is 91.8 Å². The monoisotopic (exact) mass is 383 g/mol. The number of aliphatic hydroxyl groups is 1. The summed E-state index contributed by atoms with van der Waals surface area (Å²) in [7, 11) is -5.95. The van der Waals surface area contributed by atoms with Crippen molar-refractivity contribution in [3.05, 3.63) is 28.7 Å². The molecule has 1 aliphatic heterocycles. The number of hydrogen-bond acceptors (Lipinski definition) is 5. The van der Waals surface area contributed by atoms with Crippen LogP contribution in [-0.4, -0.2) is 56.9 Å². The van der Waals surface area contributed by atoms with Gasteiger partial charge >= 0.3 is 0 Å². The molecule has 0 spiro atoms. The molecule has 0 amide bonds. The minimum absolute atomic E-state index is 0.0553. The van der Waals surface area contributed by atoms with Gasteiger partial charge in [0.05, 0.1) is 28.5 Å². The standard InChI is InChI=1S/C11H14BrNO5S2/c1-13(10-6-19(15,16)7-11(10)14)20(17,18)9-4-2-8(12)3-5-9/h2-5,10-11,14H,6-7H2,1H3/t10-,11-/m1/s1. The van der Waals surface area contributed by atoms with Crippen LogP contribution in [0, 0.1) is 0 Å². The summed E-state index contributed by atoms with van der Waals surface area (Å²) in [4.78, 5) is 0.0553. The first-order valence-corrected chi connectivity index (χ1v) is 9.81. The third kappa shape index (κ3) is 3.06. The minimum atomic E-state index is -3.83. The van der Waals surface area contributed by atoms with Crippen LogP contribution in [0.5, 0.6) is 0 Å². The molecule has 1 aliphatic rings. The molecule has 1 saturated heterocycles. The van der Waals surface area contributed by atoms with E-state index in [1.807, 2.05) is 0 Å². The molecule has 112 valence electrons. The van der Waals surface area contributed by atoms with Gasteiger partial charge in [0, 0.05) is 11.5 Å². The third-order valence-corrected chi connectivity index (χ3v) is 7.38. The lowest BCUT2D eigenvalue weighted by atomic mass is 10.2. The first-order chi connectivity index (χ1) is 9.13. The van der Waals surface area contributed by atoms with Crippen molar-refractivity contribution in [3.8, 4) is 0 Å². The molecule has 2 rings (SSSR count). The van der Waals surface area contributed by atoms with Crippen LogP contribution < -0.4 is 0 Å². The molecule has 0 bridgehead atoms. The van der Waals surface area contributed by atoms with Crippen LogP contribution in [0.4, 0.5) is 0 Å². The maximum atomic E-state index is 12.4. The van der Waals surface area contributed by atoms with Gasteiger partial charge in [-0.05, 0) is 24.3 Å². The van der Waals surface area contributed by atoms with Crippen molar-refractivity contribution in [3.63, 3.8) is 0 Å². The lowest BCUT2D eigenvalue weighted by molar-refractivity contribution is 0.137. The van der Waals surface area contributed by atoms with Crippen molar-refractivity contribution in [2.45, 2.75) is 17.0 Å². The maximum Gasteiger partial charge on any atom is 0.243 e. The van der Waals surface area contributed by atoms with E-state index in [2.05, 4.69) is 15.9 Å². The molecule has 0 radical (unpaired) electrons. The molecule has 0 aromatic heterocycles. The van der Waals surface area contributed by atoms with Crippen LogP contribution in [-0.2, 0) is 19.9 Å². The van der Waals surface area contributed by atoms with Gasteiger partial charge in [-0.25, -0.2) is 16.8 Å². The first kappa shape index (κ1) is 15.9. The number of sulfonamides is 1. The van der Waals surface area contributed by atoms with E-state index in [0.29, 0.717) is 0 Å². The number of hydrogen-bond donors (Lipinski definition) is 1. The Morgan fingerprint density at radius 2 is 1.80 bits per heavy atom. The molecule has 2 atom stereocenters. The number of benzene rings is 1. The van der Waals surface area contributed by atoms with Gasteiger partial charge in [-0.15, -0.1) is 0 Å². The summed E-state index contributed by atoms with van der Waals surface area (Å²) in [6, 6.07) is 5.07. The normalized spacial score (nSPS) is 26.0. The minimum Gasteiger partial charge on any atom is -0.390 e. The molecule has 0 saturated carbocycles. The average Bonchev–Trinajstić information content (AvgIpc) is 2.62. The van der Waals surface area contributed by atoms with Crippen molar-refractivity contribution < 1.29 is 21.9 Å². The van der Waals surface area contributed by atoms with Crippen molar-refractivity contribution in [1.82, 2.24) is 4.31 Å². The highest BCUT2D eigenvalue weighted by Crippen LogP contribution is 2.24. The molecule has 1 heterocycles. The molecule has 0 unspecified atom stereocenters. The number of likely N-dealkylation sites (N-methyl/N-ethyl adjacent to an activating group) is 1. The predicted octanol–water partition coefficient (Wildman–Crippen LogP) is 0.228. The second-order valence-corrected chi connectivity index (χ2v) is 9.75. The lowest BCUT2D eigenvalue weighted by Crippen LogP contribution is -2.44. The fourth-order valence-corrected chi connectivity index (χ4v) is 5.70. The Morgan fingerprint density at radius 3 is 2.25 bits per heavy atom. The van der Waals surface area contributed by atoms with E-state index in [1.165, 1.54) is 19.2 Å². The van der Waals surface area contributed by atoms with Gasteiger partial charge in [-0.3, -0.25) is 0 Å². The second-order valence-electron chi connectivity index (χ2n) is 4.69. The molecule has 1 aromatic rings. The third-order valence-electron chi connectivity index (χ3n) is 3.25. The zero-order chi connectivity index (χ0) is 15.1. The van der Waals surface area contributed by atoms with Crippen LogP contribution in [0.3, 0.4) is 0 Å². The van der Waals surface area contributed by atoms with E-state index in [9.17, 15) is 21.9 Å². The smallest absolute Gasteiger partial charge is 0.243 e. The van der Waals surface area contributed by atoms with Crippen molar-refractivity contribution in [1.29, 1.82) is 0 Å². The number of rotatable bonds is 3. The largest absolute Gasteiger partial charge is 0.390 e. The zero-order valence-electron chi connectivity index (χ0n) is 10.6. The van der Waals surface area contributed by atoms with Gasteiger partial charge in [0.15, 0.2) is 9.84 Å². The van der Waals surface area contributed by atoms with E-state index >= 15 is 0 Å². The maximum absolute atomic E-state index is 12.4. The molecule has 20 heavy (non-hydrogen) atoms. The molecular formula is C11H14BrNO5S2. The first-order valence-electron chi connectivity index (χ1n) is 5.75. The van der Waals surface area contributed by atoms with Crippen LogP contribution in [0.15, 0.2) is 33.6 Å². The Hall–Kier alpha value is -0.480. The Morgan fingerprint density at radius 1 is 1.25 bits per heavy atom. The van der Waals surface area contributed by atoms with E-state index in [0.717, 1.165) is 8.78 Å². The summed E-state index contributed by atoms with van der Waals surface area (Å²) in [5, 5.41) is 9.76. The Balaban J connectivity index is 2.33. The average molecular weight is 384 g/mol. The zero-order valence-corrected chi connectivity index (χ0v) is 13.8. The summed E-state index contributed by atoms with van der Waals surface area (Å²) in [6.07, 6.45) is -1.20. The van der Waals surface area contributed by atoms with Crippen LogP contribution in [0.2, 0.25) is 0 Å². The molecule has 1 fully saturated rings. The van der Waals surface area contributed by atoms with Crippen LogP contribution in [0.1, 0.15) is 0 Å². The highest BCUT2D eigenvalue weighted by atomic mass is 79.9. The van der Waals surface area contributed by atoms with Crippen molar-refractivity contribution in [2.24, 2.45) is 0 Å². The van der Waals surface area contributed by atoms with Crippen molar-refractivity contribution >= 4 is 35.8 Å². The van der Waals surface area contributed by atoms with Gasteiger partial charge in [0.25, 0.3) is 0 Å². The summed E-state index contributed by atoms with van der Waals surface area (Å²) in [6.45, 7) is 0. The molecule has 0 aliphatic carbocycles. The SMILES string of the molecule is CN([C@@H]1CS(=O)(=O)C[C@H]1O)S(=O)(=O)c1ccc(Br)cc1. The van der Waals surface area contributed by atoms with E-state index in [1.54, 1.807) is 12.1 Å².